The van der Waals surface area contributed by atoms with Gasteiger partial charge in [-0.25, -0.2) is 0 Å². The Labute approximate surface area is 115 Å². The van der Waals surface area contributed by atoms with Gasteiger partial charge in [0.15, 0.2) is 0 Å². The maximum atomic E-state index is 7.34. The van der Waals surface area contributed by atoms with Crippen molar-refractivity contribution in [2.75, 3.05) is 5.32 Å². The molecule has 0 amide bonds. The van der Waals surface area contributed by atoms with Gasteiger partial charge < -0.3 is 10.7 Å². The van der Waals surface area contributed by atoms with Crippen molar-refractivity contribution in [3.05, 3.63) is 66.2 Å². The first-order chi connectivity index (χ1) is 9.33. The fourth-order valence-corrected chi connectivity index (χ4v) is 1.59. The van der Waals surface area contributed by atoms with Gasteiger partial charge in [-0.3, -0.25) is 0 Å². The molecule has 2 nitrogen and oxygen atoms in total. The zero-order chi connectivity index (χ0) is 14.1. The van der Waals surface area contributed by atoms with Crippen LogP contribution < -0.4 is 5.32 Å². The molecule has 0 aliphatic heterocycles. The second-order valence-corrected chi connectivity index (χ2v) is 3.68. The van der Waals surface area contributed by atoms with Crippen LogP contribution in [0, 0.1) is 5.41 Å². The lowest BCUT2D eigenvalue weighted by Gasteiger charge is -2.09. The average Bonchev–Trinajstić information content (AvgIpc) is 2.50. The summed E-state index contributed by atoms with van der Waals surface area (Å²) in [5.74, 6) is 0. The van der Waals surface area contributed by atoms with Gasteiger partial charge in [0, 0.05) is 23.2 Å². The fraction of sp³-hybridized carbons (Fsp3) is 0.118. The summed E-state index contributed by atoms with van der Waals surface area (Å²) in [6, 6.07) is 15.7. The molecule has 0 heterocycles. The molecular weight excluding hydrogens is 232 g/mol. The quantitative estimate of drug-likeness (QED) is 0.730. The van der Waals surface area contributed by atoms with Crippen LogP contribution in [0.2, 0.25) is 0 Å². The third-order valence-corrected chi connectivity index (χ3v) is 2.54. The van der Waals surface area contributed by atoms with E-state index in [2.05, 4.69) is 11.9 Å². The van der Waals surface area contributed by atoms with Crippen molar-refractivity contribution in [2.24, 2.45) is 0 Å². The van der Waals surface area contributed by atoms with Gasteiger partial charge in [-0.1, -0.05) is 56.8 Å². The molecule has 0 saturated heterocycles. The van der Waals surface area contributed by atoms with Crippen LogP contribution in [0.5, 0.6) is 0 Å². The van der Waals surface area contributed by atoms with E-state index < -0.39 is 0 Å². The summed E-state index contributed by atoms with van der Waals surface area (Å²) in [5, 5.41) is 10.6. The van der Waals surface area contributed by atoms with Gasteiger partial charge in [0.25, 0.3) is 0 Å². The molecule has 0 fully saturated rings. The Morgan fingerprint density at radius 2 is 1.63 bits per heavy atom. The molecule has 0 aromatic heterocycles. The monoisotopic (exact) mass is 252 g/mol. The van der Waals surface area contributed by atoms with E-state index in [0.29, 0.717) is 0 Å². The molecule has 0 bridgehead atoms. The molecule has 0 unspecified atom stereocenters. The van der Waals surface area contributed by atoms with Crippen LogP contribution in [0.3, 0.4) is 0 Å². The van der Waals surface area contributed by atoms with E-state index in [1.807, 2.05) is 68.5 Å². The second kappa shape index (κ2) is 7.88. The summed E-state index contributed by atoms with van der Waals surface area (Å²) in [6.07, 6.45) is 3.16. The summed E-state index contributed by atoms with van der Waals surface area (Å²) in [6.45, 7) is 7.72. The Bertz CT molecular complexity index is 527. The Morgan fingerprint density at radius 1 is 1.00 bits per heavy atom. The second-order valence-electron chi connectivity index (χ2n) is 3.68. The van der Waals surface area contributed by atoms with E-state index >= 15 is 0 Å². The number of hydrogen-bond donors (Lipinski definition) is 2. The third-order valence-electron chi connectivity index (χ3n) is 2.54. The van der Waals surface area contributed by atoms with Gasteiger partial charge in [-0.15, -0.1) is 0 Å². The van der Waals surface area contributed by atoms with Crippen LogP contribution >= 0.6 is 0 Å². The Balaban J connectivity index is 0.000000861. The normalized spacial score (nSPS) is 8.95. The van der Waals surface area contributed by atoms with Crippen LogP contribution in [0.15, 0.2) is 55.1 Å². The van der Waals surface area contributed by atoms with Crippen molar-refractivity contribution in [1.82, 2.24) is 0 Å². The molecule has 98 valence electrons. The molecule has 2 rings (SSSR count). The maximum absolute atomic E-state index is 7.34. The topological polar surface area (TPSA) is 35.9 Å². The highest BCUT2D eigenvalue weighted by Gasteiger charge is 1.99. The summed E-state index contributed by atoms with van der Waals surface area (Å²) in [7, 11) is 0. The van der Waals surface area contributed by atoms with E-state index in [1.54, 1.807) is 0 Å². The number of para-hydroxylation sites is 1. The van der Waals surface area contributed by atoms with Crippen LogP contribution in [0.4, 0.5) is 11.4 Å². The first kappa shape index (κ1) is 14.7. The lowest BCUT2D eigenvalue weighted by Crippen LogP contribution is -1.94. The minimum atomic E-state index is 0.875. The largest absolute Gasteiger partial charge is 0.355 e. The zero-order valence-corrected chi connectivity index (χ0v) is 11.5. The molecule has 0 saturated carbocycles. The van der Waals surface area contributed by atoms with E-state index in [-0.39, 0.29) is 0 Å². The van der Waals surface area contributed by atoms with E-state index in [1.165, 1.54) is 6.21 Å². The van der Waals surface area contributed by atoms with Crippen LogP contribution in [0.25, 0.3) is 6.08 Å². The van der Waals surface area contributed by atoms with Gasteiger partial charge in [-0.2, -0.15) is 0 Å². The smallest absolute Gasteiger partial charge is 0.0473 e. The predicted molar refractivity (Wildman–Crippen MR) is 85.5 cm³/mol. The number of nitrogens with one attached hydrogen (secondary N) is 2. The van der Waals surface area contributed by atoms with Crippen molar-refractivity contribution >= 4 is 23.7 Å². The van der Waals surface area contributed by atoms with Crippen LogP contribution in [0.1, 0.15) is 25.0 Å². The van der Waals surface area contributed by atoms with Crippen molar-refractivity contribution in [1.29, 1.82) is 5.41 Å². The minimum Gasteiger partial charge on any atom is -0.355 e. The molecule has 0 aliphatic carbocycles. The minimum absolute atomic E-state index is 0.875. The maximum Gasteiger partial charge on any atom is 0.0473 e. The summed E-state index contributed by atoms with van der Waals surface area (Å²) < 4.78 is 0. The lowest BCUT2D eigenvalue weighted by atomic mass is 10.1. The van der Waals surface area contributed by atoms with Crippen molar-refractivity contribution in [3.63, 3.8) is 0 Å². The zero-order valence-electron chi connectivity index (χ0n) is 11.5. The van der Waals surface area contributed by atoms with Crippen molar-refractivity contribution < 1.29 is 0 Å². The van der Waals surface area contributed by atoms with Gasteiger partial charge in [-0.05, 0) is 23.8 Å². The summed E-state index contributed by atoms with van der Waals surface area (Å²) in [4.78, 5) is 0. The molecule has 19 heavy (non-hydrogen) atoms. The molecule has 0 aliphatic rings. The fourth-order valence-electron chi connectivity index (χ4n) is 1.59. The number of benzene rings is 2. The molecule has 0 atom stereocenters. The summed E-state index contributed by atoms with van der Waals surface area (Å²) in [5.41, 5.74) is 3.91. The predicted octanol–water partition coefficient (Wildman–Crippen LogP) is 5.10. The Kier molecular flexibility index (Phi) is 6.10. The van der Waals surface area contributed by atoms with Crippen LogP contribution in [-0.4, -0.2) is 6.21 Å². The molecule has 2 heteroatoms. The average molecular weight is 252 g/mol. The highest BCUT2D eigenvalue weighted by atomic mass is 14.9. The Hall–Kier alpha value is -2.35. The Morgan fingerprint density at radius 3 is 2.21 bits per heavy atom. The van der Waals surface area contributed by atoms with E-state index in [4.69, 9.17) is 5.41 Å². The molecule has 0 radical (unpaired) electrons. The van der Waals surface area contributed by atoms with Gasteiger partial charge in [0.05, 0.1) is 0 Å². The molecule has 0 spiro atoms. The van der Waals surface area contributed by atoms with Crippen LogP contribution in [-0.2, 0) is 0 Å². The standard InChI is InChI=1S/C15H14N2.C2H6/c1-2-12-7-9-14(10-8-12)17-15-6-4-3-5-13(15)11-16;1-2/h2-11,16-17H,1H2;1-2H3. The van der Waals surface area contributed by atoms with E-state index in [0.717, 1.165) is 22.5 Å². The van der Waals surface area contributed by atoms with Gasteiger partial charge in [0.1, 0.15) is 0 Å². The molecular formula is C17H20N2. The highest BCUT2D eigenvalue weighted by Crippen LogP contribution is 2.20. The third kappa shape index (κ3) is 4.11. The molecule has 2 N–H and O–H groups in total. The number of rotatable bonds is 4. The number of anilines is 2. The first-order valence-corrected chi connectivity index (χ1v) is 6.42. The number of hydrogen-bond acceptors (Lipinski definition) is 2. The highest BCUT2D eigenvalue weighted by molar-refractivity contribution is 5.87. The lowest BCUT2D eigenvalue weighted by molar-refractivity contribution is 1.50. The molecule has 2 aromatic rings. The van der Waals surface area contributed by atoms with Crippen molar-refractivity contribution in [2.45, 2.75) is 13.8 Å². The molecule has 2 aromatic carbocycles. The van der Waals surface area contributed by atoms with E-state index in [9.17, 15) is 0 Å². The van der Waals surface area contributed by atoms with Gasteiger partial charge >= 0.3 is 0 Å². The van der Waals surface area contributed by atoms with Crippen molar-refractivity contribution in [3.8, 4) is 0 Å². The SMILES string of the molecule is C=Cc1ccc(Nc2ccccc2C=N)cc1.CC. The summed E-state index contributed by atoms with van der Waals surface area (Å²) >= 11 is 0. The first-order valence-electron chi connectivity index (χ1n) is 6.42. The van der Waals surface area contributed by atoms with Gasteiger partial charge in [0.2, 0.25) is 0 Å².